The number of nitrogens with zero attached hydrogens (tertiary/aromatic N) is 1. The summed E-state index contributed by atoms with van der Waals surface area (Å²) in [6.45, 7) is 4.79. The van der Waals surface area contributed by atoms with Crippen molar-refractivity contribution in [1.29, 1.82) is 0 Å². The van der Waals surface area contributed by atoms with Crippen LogP contribution in [-0.4, -0.2) is 73.4 Å². The standard InChI is InChI=1S/C68H127N2O6P/c1-6-8-10-12-14-16-18-20-22-24-26-28-30-32-33-34-35-36-38-39-41-43-45-47-49-51-53-55-57-59-61-67(71)66(65-76-77(73,74)75-64-63-70(3,4)5)69-68(72)62-60-58-56-54-52-50-48-46-44-42-40-37-31-29-27-25-23-21-19-17-15-13-11-9-7-2/h9,11,15,17,21,23,27,29,37,40,44,46,66-67,71H,6-8,10,12-14,16,18-20,22,24-26,28,30-36,38-39,41-43,45,47-65H2,1-5H3,(H-,69,72,73,74)/p+1/b11-9-,17-15-,23-21-,29-27-,40-37-,46-44-. The summed E-state index contributed by atoms with van der Waals surface area (Å²) >= 11 is 0. The Bertz CT molecular complexity index is 1480. The predicted molar refractivity (Wildman–Crippen MR) is 337 cm³/mol. The molecule has 0 spiro atoms. The van der Waals surface area contributed by atoms with Crippen molar-refractivity contribution in [2.24, 2.45) is 0 Å². The molecule has 0 fully saturated rings. The van der Waals surface area contributed by atoms with E-state index in [9.17, 15) is 19.4 Å². The molecule has 0 saturated carbocycles. The largest absolute Gasteiger partial charge is 0.472 e. The molecule has 0 aromatic rings. The van der Waals surface area contributed by atoms with Crippen LogP contribution in [-0.2, 0) is 18.4 Å². The first-order valence-corrected chi connectivity index (χ1v) is 34.3. The minimum Gasteiger partial charge on any atom is -0.391 e. The Hall–Kier alpha value is -2.06. The molecule has 0 aromatic carbocycles. The lowest BCUT2D eigenvalue weighted by molar-refractivity contribution is -0.870. The van der Waals surface area contributed by atoms with Crippen LogP contribution < -0.4 is 5.32 Å². The van der Waals surface area contributed by atoms with E-state index in [4.69, 9.17) is 9.05 Å². The smallest absolute Gasteiger partial charge is 0.391 e. The van der Waals surface area contributed by atoms with E-state index in [2.05, 4.69) is 92.1 Å². The van der Waals surface area contributed by atoms with E-state index in [1.807, 2.05) is 21.1 Å². The van der Waals surface area contributed by atoms with Crippen molar-refractivity contribution < 1.29 is 32.9 Å². The Labute approximate surface area is 478 Å². The monoisotopic (exact) mass is 1100 g/mol. The summed E-state index contributed by atoms with van der Waals surface area (Å²) in [7, 11) is 1.60. The summed E-state index contributed by atoms with van der Waals surface area (Å²) in [6, 6.07) is -0.775. The lowest BCUT2D eigenvalue weighted by Gasteiger charge is -2.26. The van der Waals surface area contributed by atoms with Crippen molar-refractivity contribution in [1.82, 2.24) is 5.32 Å². The minimum absolute atomic E-state index is 0.0685. The van der Waals surface area contributed by atoms with Gasteiger partial charge in [-0.25, -0.2) is 4.57 Å². The molecular formula is C68H128N2O6P+. The number of phosphoric acid groups is 1. The topological polar surface area (TPSA) is 105 Å². The zero-order chi connectivity index (χ0) is 56.3. The number of likely N-dealkylation sites (N-methyl/N-ethyl adjacent to an activating group) is 1. The fourth-order valence-electron chi connectivity index (χ4n) is 9.64. The SMILES string of the molecule is CC/C=C\C/C=C\C/C=C\C/C=C\C/C=C\C/C=C\CCCCCCCCC(=O)NC(COP(=O)(O)OCC[N+](C)(C)C)C(O)CCCCCCCCCCCCCCCCCCCCCCCCCCCCCCCC. The van der Waals surface area contributed by atoms with E-state index in [1.54, 1.807) is 0 Å². The highest BCUT2D eigenvalue weighted by molar-refractivity contribution is 7.47. The molecule has 0 radical (unpaired) electrons. The molecule has 1 amide bonds. The van der Waals surface area contributed by atoms with Crippen molar-refractivity contribution in [2.45, 2.75) is 315 Å². The van der Waals surface area contributed by atoms with Gasteiger partial charge in [-0.15, -0.1) is 0 Å². The van der Waals surface area contributed by atoms with E-state index in [1.165, 1.54) is 186 Å². The number of hydrogen-bond acceptors (Lipinski definition) is 5. The number of aliphatic hydroxyl groups excluding tert-OH is 1. The minimum atomic E-state index is -4.34. The van der Waals surface area contributed by atoms with E-state index in [-0.39, 0.29) is 19.1 Å². The van der Waals surface area contributed by atoms with Crippen LogP contribution in [0.5, 0.6) is 0 Å². The van der Waals surface area contributed by atoms with Crippen LogP contribution in [0.1, 0.15) is 303 Å². The lowest BCUT2D eigenvalue weighted by Crippen LogP contribution is -2.46. The predicted octanol–water partition coefficient (Wildman–Crippen LogP) is 20.6. The Balaban J connectivity index is 4.11. The van der Waals surface area contributed by atoms with Crippen molar-refractivity contribution in [3.8, 4) is 0 Å². The van der Waals surface area contributed by atoms with Gasteiger partial charge in [0.15, 0.2) is 0 Å². The van der Waals surface area contributed by atoms with Gasteiger partial charge in [-0.1, -0.05) is 305 Å². The number of unbranched alkanes of at least 4 members (excludes halogenated alkanes) is 35. The average molecular weight is 1100 g/mol. The second-order valence-electron chi connectivity index (χ2n) is 23.5. The first-order chi connectivity index (χ1) is 37.5. The van der Waals surface area contributed by atoms with Gasteiger partial charge in [0.2, 0.25) is 5.91 Å². The van der Waals surface area contributed by atoms with E-state index in [0.29, 0.717) is 23.9 Å². The zero-order valence-corrected chi connectivity index (χ0v) is 52.3. The van der Waals surface area contributed by atoms with E-state index in [0.717, 1.165) is 89.9 Å². The molecule has 3 N–H and O–H groups in total. The van der Waals surface area contributed by atoms with Gasteiger partial charge in [-0.2, -0.15) is 0 Å². The molecule has 0 bridgehead atoms. The second kappa shape index (κ2) is 58.6. The summed E-state index contributed by atoms with van der Waals surface area (Å²) in [5.41, 5.74) is 0. The molecule has 450 valence electrons. The quantitative estimate of drug-likeness (QED) is 0.0243. The summed E-state index contributed by atoms with van der Waals surface area (Å²) in [4.78, 5) is 23.4. The summed E-state index contributed by atoms with van der Waals surface area (Å²) in [5, 5.41) is 14.1. The molecular weight excluding hydrogens is 972 g/mol. The van der Waals surface area contributed by atoms with Crippen LogP contribution in [0.3, 0.4) is 0 Å². The maximum Gasteiger partial charge on any atom is 0.472 e. The molecule has 3 unspecified atom stereocenters. The number of phosphoric ester groups is 1. The highest BCUT2D eigenvalue weighted by Gasteiger charge is 2.28. The number of hydrogen-bond donors (Lipinski definition) is 3. The molecule has 0 rings (SSSR count). The highest BCUT2D eigenvalue weighted by atomic mass is 31.2. The van der Waals surface area contributed by atoms with Gasteiger partial charge in [-0.3, -0.25) is 13.8 Å². The molecule has 0 aliphatic rings. The van der Waals surface area contributed by atoms with Crippen LogP contribution in [0.2, 0.25) is 0 Å². The van der Waals surface area contributed by atoms with Crippen molar-refractivity contribution in [2.75, 3.05) is 40.9 Å². The first kappa shape index (κ1) is 74.9. The van der Waals surface area contributed by atoms with E-state index >= 15 is 0 Å². The molecule has 3 atom stereocenters. The van der Waals surface area contributed by atoms with Crippen LogP contribution in [0.15, 0.2) is 72.9 Å². The molecule has 9 heteroatoms. The number of aliphatic hydroxyl groups is 1. The van der Waals surface area contributed by atoms with Gasteiger partial charge in [0.1, 0.15) is 13.2 Å². The molecule has 8 nitrogen and oxygen atoms in total. The van der Waals surface area contributed by atoms with Gasteiger partial charge in [0, 0.05) is 6.42 Å². The molecule has 0 aliphatic carbocycles. The van der Waals surface area contributed by atoms with Crippen molar-refractivity contribution in [3.63, 3.8) is 0 Å². The second-order valence-corrected chi connectivity index (χ2v) is 24.9. The fraction of sp³-hybridized carbons (Fsp3) is 0.809. The van der Waals surface area contributed by atoms with Gasteiger partial charge in [0.05, 0.1) is 39.9 Å². The normalized spacial score (nSPS) is 14.2. The number of quaternary nitrogens is 1. The zero-order valence-electron chi connectivity index (χ0n) is 51.4. The number of carbonyl (C=O) groups is 1. The number of amides is 1. The number of rotatable bonds is 60. The number of nitrogens with one attached hydrogen (secondary N) is 1. The molecule has 0 aliphatic heterocycles. The van der Waals surface area contributed by atoms with Crippen LogP contribution in [0.25, 0.3) is 0 Å². The Morgan fingerprint density at radius 3 is 1.14 bits per heavy atom. The highest BCUT2D eigenvalue weighted by Crippen LogP contribution is 2.43. The molecule has 77 heavy (non-hydrogen) atoms. The van der Waals surface area contributed by atoms with Gasteiger partial charge in [0.25, 0.3) is 0 Å². The molecule has 0 saturated heterocycles. The Morgan fingerprint density at radius 2 is 0.779 bits per heavy atom. The summed E-state index contributed by atoms with van der Waals surface area (Å²) < 4.78 is 23.9. The number of carbonyl (C=O) groups excluding carboxylic acids is 1. The maximum absolute atomic E-state index is 13.0. The third-order valence-corrected chi connectivity index (χ3v) is 15.7. The number of allylic oxidation sites excluding steroid dienone is 12. The molecule has 0 heterocycles. The Morgan fingerprint density at radius 1 is 0.455 bits per heavy atom. The summed E-state index contributed by atoms with van der Waals surface area (Å²) in [6.07, 6.45) is 81.3. The fourth-order valence-corrected chi connectivity index (χ4v) is 10.4. The third-order valence-electron chi connectivity index (χ3n) is 14.7. The Kier molecular flexibility index (Phi) is 57.0. The van der Waals surface area contributed by atoms with Crippen LogP contribution in [0, 0.1) is 0 Å². The van der Waals surface area contributed by atoms with Crippen molar-refractivity contribution in [3.05, 3.63) is 72.9 Å². The lowest BCUT2D eigenvalue weighted by atomic mass is 10.0. The molecule has 0 aromatic heterocycles. The average Bonchev–Trinajstić information content (AvgIpc) is 3.39. The van der Waals surface area contributed by atoms with Crippen LogP contribution in [0.4, 0.5) is 0 Å². The van der Waals surface area contributed by atoms with Gasteiger partial charge < -0.3 is 19.8 Å². The summed E-state index contributed by atoms with van der Waals surface area (Å²) in [5.74, 6) is -0.158. The van der Waals surface area contributed by atoms with Crippen LogP contribution >= 0.6 is 7.82 Å². The first-order valence-electron chi connectivity index (χ1n) is 32.8. The third kappa shape index (κ3) is 61.4. The van der Waals surface area contributed by atoms with Gasteiger partial charge in [-0.05, 0) is 64.2 Å². The van der Waals surface area contributed by atoms with Gasteiger partial charge >= 0.3 is 7.82 Å². The maximum atomic E-state index is 13.0. The van der Waals surface area contributed by atoms with E-state index < -0.39 is 20.0 Å². The van der Waals surface area contributed by atoms with Crippen molar-refractivity contribution >= 4 is 13.7 Å².